The van der Waals surface area contributed by atoms with Crippen LogP contribution < -0.4 is 0 Å². The summed E-state index contributed by atoms with van der Waals surface area (Å²) in [6, 6.07) is 0. The third-order valence-corrected chi connectivity index (χ3v) is 7.18. The molecule has 3 aliphatic carbocycles. The molecular weight excluding hydrogens is 276 g/mol. The average Bonchev–Trinajstić information content (AvgIpc) is 2.58. The van der Waals surface area contributed by atoms with Crippen LogP contribution in [0, 0.1) is 35.5 Å². The van der Waals surface area contributed by atoms with Crippen LogP contribution in [-0.4, -0.2) is 0 Å². The van der Waals surface area contributed by atoms with Gasteiger partial charge in [-0.2, -0.15) is 0 Å². The van der Waals surface area contributed by atoms with Gasteiger partial charge >= 0.3 is 0 Å². The number of rotatable bonds is 2. The molecule has 0 unspecified atom stereocenters. The van der Waals surface area contributed by atoms with Crippen molar-refractivity contribution in [1.29, 1.82) is 0 Å². The van der Waals surface area contributed by atoms with Crippen molar-refractivity contribution in [2.24, 2.45) is 35.5 Å². The molecule has 134 valence electrons. The normalized spacial score (nSPS) is 41.5. The maximum Gasteiger partial charge on any atom is -0.0236 e. The van der Waals surface area contributed by atoms with Crippen LogP contribution in [0.3, 0.4) is 0 Å². The first-order chi connectivity index (χ1) is 11.1. The van der Waals surface area contributed by atoms with Crippen molar-refractivity contribution in [3.63, 3.8) is 0 Å². The van der Waals surface area contributed by atoms with Crippen LogP contribution in [-0.2, 0) is 0 Å². The Morgan fingerprint density at radius 2 is 0.826 bits per heavy atom. The summed E-state index contributed by atoms with van der Waals surface area (Å²) in [5.41, 5.74) is 0. The Labute approximate surface area is 146 Å². The monoisotopic (exact) mass is 318 g/mol. The van der Waals surface area contributed by atoms with Crippen molar-refractivity contribution in [3.05, 3.63) is 12.7 Å². The predicted octanol–water partition coefficient (Wildman–Crippen LogP) is 7.64. The summed E-state index contributed by atoms with van der Waals surface area (Å²) in [4.78, 5) is 0. The van der Waals surface area contributed by atoms with Gasteiger partial charge in [0.15, 0.2) is 0 Å². The molecule has 23 heavy (non-hydrogen) atoms. The molecule has 0 aromatic rings. The predicted molar refractivity (Wildman–Crippen MR) is 104 cm³/mol. The lowest BCUT2D eigenvalue weighted by atomic mass is 9.70. The molecule has 3 saturated carbocycles. The zero-order valence-corrected chi connectivity index (χ0v) is 16.2. The van der Waals surface area contributed by atoms with E-state index in [4.69, 9.17) is 0 Å². The minimum atomic E-state index is 0.834. The zero-order valence-electron chi connectivity index (χ0n) is 16.2. The highest BCUT2D eigenvalue weighted by molar-refractivity contribution is 4.83. The van der Waals surface area contributed by atoms with Crippen molar-refractivity contribution in [2.45, 2.75) is 97.8 Å². The fourth-order valence-corrected chi connectivity index (χ4v) is 5.04. The first-order valence-electron chi connectivity index (χ1n) is 10.7. The highest BCUT2D eigenvalue weighted by atomic mass is 14.3. The van der Waals surface area contributed by atoms with Crippen LogP contribution in [0.1, 0.15) is 97.8 Å². The number of hydrogen-bond donors (Lipinski definition) is 0. The molecule has 3 aliphatic rings. The maximum atomic E-state index is 3.81. The van der Waals surface area contributed by atoms with E-state index < -0.39 is 0 Å². The molecule has 0 heterocycles. The highest BCUT2D eigenvalue weighted by Crippen LogP contribution is 2.40. The van der Waals surface area contributed by atoms with Gasteiger partial charge in [0, 0.05) is 0 Å². The van der Waals surface area contributed by atoms with E-state index in [9.17, 15) is 0 Å². The molecule has 0 heteroatoms. The lowest BCUT2D eigenvalue weighted by Crippen LogP contribution is -2.24. The van der Waals surface area contributed by atoms with Crippen molar-refractivity contribution >= 4 is 0 Å². The van der Waals surface area contributed by atoms with E-state index in [0.717, 1.165) is 35.5 Å². The van der Waals surface area contributed by atoms with Crippen LogP contribution in [0.2, 0.25) is 0 Å². The minimum Gasteiger partial charge on any atom is -0.103 e. The Balaban J connectivity index is 0.000000185. The van der Waals surface area contributed by atoms with Crippen LogP contribution in [0.25, 0.3) is 0 Å². The molecule has 0 aliphatic heterocycles. The topological polar surface area (TPSA) is 0 Å². The standard InChI is InChI=1S/C14H26.C9H16/c1-11-3-7-13(8-4-11)14-9-5-12(2)6-10-14;1-3-9-6-4-8(2)5-7-9/h11-14H,3-10H2,1-2H3;3,8-9H,1,4-7H2,2H3. The lowest BCUT2D eigenvalue weighted by Gasteiger charge is -2.36. The molecule has 0 nitrogen and oxygen atoms in total. The van der Waals surface area contributed by atoms with Gasteiger partial charge in [0.2, 0.25) is 0 Å². The van der Waals surface area contributed by atoms with Gasteiger partial charge in [-0.15, -0.1) is 6.58 Å². The maximum absolute atomic E-state index is 3.81. The second-order valence-corrected chi connectivity index (χ2v) is 9.30. The first-order valence-corrected chi connectivity index (χ1v) is 10.7. The molecule has 3 rings (SSSR count). The molecule has 0 spiro atoms. The molecule has 0 aromatic heterocycles. The van der Waals surface area contributed by atoms with Crippen LogP contribution in [0.15, 0.2) is 12.7 Å². The van der Waals surface area contributed by atoms with Gasteiger partial charge < -0.3 is 0 Å². The van der Waals surface area contributed by atoms with Crippen molar-refractivity contribution < 1.29 is 0 Å². The summed E-state index contributed by atoms with van der Waals surface area (Å²) in [6.45, 7) is 11.0. The summed E-state index contributed by atoms with van der Waals surface area (Å²) in [6.07, 6.45) is 19.9. The summed E-state index contributed by atoms with van der Waals surface area (Å²) in [5.74, 6) is 6.07. The van der Waals surface area contributed by atoms with E-state index in [1.165, 1.54) is 51.4 Å². The molecule has 0 bridgehead atoms. The van der Waals surface area contributed by atoms with E-state index >= 15 is 0 Å². The third kappa shape index (κ3) is 6.63. The smallest absolute Gasteiger partial charge is 0.0236 e. The minimum absolute atomic E-state index is 0.834. The SMILES string of the molecule is C=CC1CCC(C)CC1.CC1CCC(C2CCC(C)CC2)CC1. The molecule has 0 atom stereocenters. The largest absolute Gasteiger partial charge is 0.103 e. The Bertz CT molecular complexity index is 287. The average molecular weight is 319 g/mol. The third-order valence-electron chi connectivity index (χ3n) is 7.18. The molecular formula is C23H42. The van der Waals surface area contributed by atoms with Crippen molar-refractivity contribution in [3.8, 4) is 0 Å². The second kappa shape index (κ2) is 9.90. The molecule has 0 amide bonds. The van der Waals surface area contributed by atoms with Crippen LogP contribution >= 0.6 is 0 Å². The Hall–Kier alpha value is -0.260. The summed E-state index contributed by atoms with van der Waals surface area (Å²) < 4.78 is 0. The summed E-state index contributed by atoms with van der Waals surface area (Å²) in [7, 11) is 0. The zero-order chi connectivity index (χ0) is 16.7. The van der Waals surface area contributed by atoms with Gasteiger partial charge in [0.05, 0.1) is 0 Å². The van der Waals surface area contributed by atoms with E-state index in [0.29, 0.717) is 0 Å². The Kier molecular flexibility index (Phi) is 8.21. The fourth-order valence-electron chi connectivity index (χ4n) is 5.04. The van der Waals surface area contributed by atoms with Gasteiger partial charge in [-0.25, -0.2) is 0 Å². The quantitative estimate of drug-likeness (QED) is 0.459. The van der Waals surface area contributed by atoms with Gasteiger partial charge in [-0.05, 0) is 74.0 Å². The lowest BCUT2D eigenvalue weighted by molar-refractivity contribution is 0.155. The summed E-state index contributed by atoms with van der Waals surface area (Å²) in [5, 5.41) is 0. The number of allylic oxidation sites excluding steroid dienone is 1. The van der Waals surface area contributed by atoms with Crippen molar-refractivity contribution in [2.75, 3.05) is 0 Å². The second-order valence-electron chi connectivity index (χ2n) is 9.30. The summed E-state index contributed by atoms with van der Waals surface area (Å²) >= 11 is 0. The van der Waals surface area contributed by atoms with E-state index in [2.05, 4.69) is 33.4 Å². The molecule has 0 radical (unpaired) electrons. The Morgan fingerprint density at radius 3 is 1.13 bits per heavy atom. The van der Waals surface area contributed by atoms with Crippen LogP contribution in [0.4, 0.5) is 0 Å². The van der Waals surface area contributed by atoms with E-state index in [1.54, 1.807) is 25.7 Å². The van der Waals surface area contributed by atoms with Gasteiger partial charge in [-0.3, -0.25) is 0 Å². The fraction of sp³-hybridized carbons (Fsp3) is 0.913. The van der Waals surface area contributed by atoms with Gasteiger partial charge in [0.25, 0.3) is 0 Å². The molecule has 3 fully saturated rings. The van der Waals surface area contributed by atoms with E-state index in [-0.39, 0.29) is 0 Å². The van der Waals surface area contributed by atoms with E-state index in [1.807, 2.05) is 0 Å². The van der Waals surface area contributed by atoms with Gasteiger partial charge in [-0.1, -0.05) is 65.4 Å². The molecule has 0 saturated heterocycles. The molecule has 0 N–H and O–H groups in total. The van der Waals surface area contributed by atoms with Crippen molar-refractivity contribution in [1.82, 2.24) is 0 Å². The van der Waals surface area contributed by atoms with Crippen LogP contribution in [0.5, 0.6) is 0 Å². The number of hydrogen-bond acceptors (Lipinski definition) is 0. The highest BCUT2D eigenvalue weighted by Gasteiger charge is 2.28. The molecule has 0 aromatic carbocycles. The first kappa shape index (κ1) is 19.1. The Morgan fingerprint density at radius 1 is 0.522 bits per heavy atom. The van der Waals surface area contributed by atoms with Gasteiger partial charge in [0.1, 0.15) is 0 Å².